The highest BCUT2D eigenvalue weighted by atomic mass is 35.5. The van der Waals surface area contributed by atoms with Gasteiger partial charge in [-0.15, -0.1) is 0 Å². The molecule has 7 nitrogen and oxygen atoms in total. The van der Waals surface area contributed by atoms with E-state index in [4.69, 9.17) is 41.6 Å². The number of hydrogen-bond acceptors (Lipinski definition) is 6. The smallest absolute Gasteiger partial charge is 0.305 e. The molecular formula is C35H38Cl2FO7PSi. The summed E-state index contributed by atoms with van der Waals surface area (Å²) in [7, 11) is -5.91. The first-order valence-corrected chi connectivity index (χ1v) is 19.2. The standard InChI is InChI=1S/C35H38Cl2FO7PSi/c1-35(2,3)47(29-10-6-4-7-11-29,30-12-8-5-9-13-30)45-28(20-34(39)40)23-46(41)44-24-42-22-31-32(37)18-26(36)19-33(31)43-21-25-14-16-27(38)17-15-25/h4-19,28,46H,20-24H2,1-3H3,(H,39,40). The normalized spacial score (nSPS) is 13.2. The van der Waals surface area contributed by atoms with Gasteiger partial charge in [0.1, 0.15) is 18.2 Å². The molecule has 4 rings (SSSR count). The number of carboxylic acid groups (broad SMARTS) is 1. The fourth-order valence-corrected chi connectivity index (χ4v) is 11.7. The highest BCUT2D eigenvalue weighted by Crippen LogP contribution is 2.39. The summed E-state index contributed by atoms with van der Waals surface area (Å²) in [5, 5.41) is 12.0. The molecule has 1 N–H and O–H groups in total. The lowest BCUT2D eigenvalue weighted by atomic mass is 10.2. The summed E-state index contributed by atoms with van der Waals surface area (Å²) in [5.41, 5.74) is 1.24. The summed E-state index contributed by atoms with van der Waals surface area (Å²) < 4.78 is 50.6. The van der Waals surface area contributed by atoms with E-state index in [2.05, 4.69) is 20.8 Å². The van der Waals surface area contributed by atoms with Crippen molar-refractivity contribution in [3.8, 4) is 5.75 Å². The Morgan fingerprint density at radius 3 is 2.06 bits per heavy atom. The van der Waals surface area contributed by atoms with E-state index in [1.54, 1.807) is 24.3 Å². The van der Waals surface area contributed by atoms with E-state index in [0.717, 1.165) is 15.9 Å². The Bertz CT molecular complexity index is 1600. The van der Waals surface area contributed by atoms with E-state index >= 15 is 0 Å². The van der Waals surface area contributed by atoms with Gasteiger partial charge in [0, 0.05) is 16.7 Å². The molecule has 4 aromatic carbocycles. The van der Waals surface area contributed by atoms with Crippen molar-refractivity contribution in [2.45, 2.75) is 51.5 Å². The van der Waals surface area contributed by atoms with Gasteiger partial charge in [0.05, 0.1) is 24.2 Å². The van der Waals surface area contributed by atoms with Crippen LogP contribution in [-0.4, -0.2) is 38.5 Å². The first-order valence-electron chi connectivity index (χ1n) is 15.0. The van der Waals surface area contributed by atoms with Crippen LogP contribution in [0.5, 0.6) is 5.75 Å². The van der Waals surface area contributed by atoms with Gasteiger partial charge in [-0.25, -0.2) is 4.39 Å². The fourth-order valence-electron chi connectivity index (χ4n) is 5.38. The van der Waals surface area contributed by atoms with Gasteiger partial charge in [0.15, 0.2) is 14.8 Å². The third-order valence-electron chi connectivity index (χ3n) is 7.53. The summed E-state index contributed by atoms with van der Waals surface area (Å²) in [6, 6.07) is 28.7. The maximum absolute atomic E-state index is 13.3. The minimum atomic E-state index is -3.11. The van der Waals surface area contributed by atoms with Gasteiger partial charge in [0.25, 0.3) is 8.32 Å². The number of hydrogen-bond donors (Lipinski definition) is 1. The summed E-state index contributed by atoms with van der Waals surface area (Å²) in [6.07, 6.45) is -1.35. The van der Waals surface area contributed by atoms with Gasteiger partial charge in [-0.05, 0) is 45.2 Å². The number of rotatable bonds is 16. The van der Waals surface area contributed by atoms with Crippen LogP contribution >= 0.6 is 31.2 Å². The molecule has 0 bridgehead atoms. The van der Waals surface area contributed by atoms with Gasteiger partial charge >= 0.3 is 5.97 Å². The van der Waals surface area contributed by atoms with Crippen LogP contribution in [-0.2, 0) is 36.3 Å². The molecule has 0 amide bonds. The van der Waals surface area contributed by atoms with Crippen LogP contribution in [0.25, 0.3) is 0 Å². The Balaban J connectivity index is 1.45. The van der Waals surface area contributed by atoms with Crippen LogP contribution in [0.15, 0.2) is 97.1 Å². The molecule has 0 aliphatic heterocycles. The second-order valence-electron chi connectivity index (χ2n) is 12.0. The fraction of sp³-hybridized carbons (Fsp3) is 0.286. The van der Waals surface area contributed by atoms with Crippen molar-refractivity contribution < 1.29 is 37.3 Å². The molecule has 0 spiro atoms. The molecule has 0 radical (unpaired) electrons. The van der Waals surface area contributed by atoms with Gasteiger partial charge in [-0.2, -0.15) is 0 Å². The largest absolute Gasteiger partial charge is 0.488 e. The highest BCUT2D eigenvalue weighted by molar-refractivity contribution is 7.39. The van der Waals surface area contributed by atoms with Crippen LogP contribution < -0.4 is 15.1 Å². The summed E-state index contributed by atoms with van der Waals surface area (Å²) >= 11 is 12.6. The molecule has 4 aromatic rings. The summed E-state index contributed by atoms with van der Waals surface area (Å²) in [4.78, 5) is 12.0. The van der Waals surface area contributed by atoms with E-state index in [9.17, 15) is 18.9 Å². The van der Waals surface area contributed by atoms with Crippen molar-refractivity contribution in [1.82, 2.24) is 0 Å². The Morgan fingerprint density at radius 2 is 1.51 bits per heavy atom. The average Bonchev–Trinajstić information content (AvgIpc) is 3.02. The zero-order valence-corrected chi connectivity index (χ0v) is 29.9. The Morgan fingerprint density at radius 1 is 0.915 bits per heavy atom. The second kappa shape index (κ2) is 16.9. The van der Waals surface area contributed by atoms with Gasteiger partial charge in [0.2, 0.25) is 0 Å². The van der Waals surface area contributed by atoms with Crippen LogP contribution in [0.1, 0.15) is 38.3 Å². The van der Waals surface area contributed by atoms with Crippen LogP contribution in [0.2, 0.25) is 15.1 Å². The van der Waals surface area contributed by atoms with E-state index in [0.29, 0.717) is 21.4 Å². The molecule has 0 aromatic heterocycles. The minimum absolute atomic E-state index is 0.0407. The molecule has 47 heavy (non-hydrogen) atoms. The van der Waals surface area contributed by atoms with Gasteiger partial charge in [-0.1, -0.05) is 117 Å². The molecule has 0 saturated heterocycles. The molecule has 0 fully saturated rings. The average molecular weight is 720 g/mol. The maximum Gasteiger partial charge on any atom is 0.305 e. The van der Waals surface area contributed by atoms with Crippen LogP contribution in [0.3, 0.4) is 0 Å². The molecule has 12 heteroatoms. The molecule has 2 unspecified atom stereocenters. The topological polar surface area (TPSA) is 91.3 Å². The first kappa shape index (κ1) is 36.8. The molecule has 0 aliphatic rings. The zero-order chi connectivity index (χ0) is 34.0. The molecule has 250 valence electrons. The van der Waals surface area contributed by atoms with Crippen molar-refractivity contribution in [3.63, 3.8) is 0 Å². The lowest BCUT2D eigenvalue weighted by Crippen LogP contribution is -2.68. The molecule has 2 atom stereocenters. The second-order valence-corrected chi connectivity index (χ2v) is 18.5. The Hall–Kier alpha value is -3.01. The van der Waals surface area contributed by atoms with Crippen LogP contribution in [0, 0.1) is 5.82 Å². The quantitative estimate of drug-likeness (QED) is 0.0542. The van der Waals surface area contributed by atoms with E-state index in [1.807, 2.05) is 60.7 Å². The lowest BCUT2D eigenvalue weighted by molar-refractivity contribution is -0.138. The molecular weight excluding hydrogens is 681 g/mol. The molecule has 0 aliphatic carbocycles. The number of ether oxygens (including phenoxy) is 2. The SMILES string of the molecule is CC(C)(C)[Si](OC(CC(=O)O)C[PH](=O)OCOCc1c(Cl)cc(Cl)cc1OCc1ccc(F)cc1)(c1ccccc1)c1ccccc1. The number of carboxylic acids is 1. The van der Waals surface area contributed by atoms with Crippen molar-refractivity contribution in [1.29, 1.82) is 0 Å². The number of carbonyl (C=O) groups is 1. The van der Waals surface area contributed by atoms with Crippen molar-refractivity contribution >= 4 is 55.9 Å². The van der Waals surface area contributed by atoms with Gasteiger partial charge in [-0.3, -0.25) is 9.36 Å². The molecule has 0 saturated carbocycles. The van der Waals surface area contributed by atoms with E-state index < -0.39 is 33.5 Å². The number of benzene rings is 4. The lowest BCUT2D eigenvalue weighted by Gasteiger charge is -2.45. The predicted octanol–water partition coefficient (Wildman–Crippen LogP) is 8.10. The summed E-state index contributed by atoms with van der Waals surface area (Å²) in [6.45, 7) is 6.02. The highest BCUT2D eigenvalue weighted by Gasteiger charge is 2.51. The maximum atomic E-state index is 13.3. The predicted molar refractivity (Wildman–Crippen MR) is 187 cm³/mol. The van der Waals surface area contributed by atoms with Crippen molar-refractivity contribution in [3.05, 3.63) is 124 Å². The third kappa shape index (κ3) is 10.00. The Kier molecular flexibility index (Phi) is 13.2. The zero-order valence-electron chi connectivity index (χ0n) is 26.4. The number of halogens is 3. The van der Waals surface area contributed by atoms with Crippen molar-refractivity contribution in [2.75, 3.05) is 13.0 Å². The van der Waals surface area contributed by atoms with Crippen molar-refractivity contribution in [2.24, 2.45) is 0 Å². The summed E-state index contributed by atoms with van der Waals surface area (Å²) in [5.74, 6) is -1.04. The van der Waals surface area contributed by atoms with E-state index in [1.165, 1.54) is 12.1 Å². The third-order valence-corrected chi connectivity index (χ3v) is 14.4. The molecule has 0 heterocycles. The van der Waals surface area contributed by atoms with Gasteiger partial charge < -0.3 is 23.5 Å². The Labute approximate surface area is 286 Å². The first-order chi connectivity index (χ1) is 22.4. The minimum Gasteiger partial charge on any atom is -0.488 e. The van der Waals surface area contributed by atoms with Crippen LogP contribution in [0.4, 0.5) is 4.39 Å². The monoisotopic (exact) mass is 718 g/mol. The van der Waals surface area contributed by atoms with E-state index in [-0.39, 0.29) is 38.4 Å². The number of aliphatic carboxylic acids is 1.